The van der Waals surface area contributed by atoms with Crippen LogP contribution in [0.3, 0.4) is 0 Å². The summed E-state index contributed by atoms with van der Waals surface area (Å²) >= 11 is 6.06. The van der Waals surface area contributed by atoms with E-state index in [4.69, 9.17) is 11.6 Å². The number of H-pyrrole nitrogens is 1. The van der Waals surface area contributed by atoms with Crippen molar-refractivity contribution in [2.24, 2.45) is 17.8 Å². The summed E-state index contributed by atoms with van der Waals surface area (Å²) in [4.78, 5) is 27.6. The molecule has 0 radical (unpaired) electrons. The number of rotatable bonds is 4. The van der Waals surface area contributed by atoms with Crippen molar-refractivity contribution in [1.82, 2.24) is 19.9 Å². The molecule has 1 unspecified atom stereocenters. The van der Waals surface area contributed by atoms with Gasteiger partial charge in [-0.1, -0.05) is 11.6 Å². The maximum atomic E-state index is 14.5. The number of carboxylic acid groups (broad SMARTS) is 1. The van der Waals surface area contributed by atoms with Gasteiger partial charge in [0, 0.05) is 29.4 Å². The van der Waals surface area contributed by atoms with Crippen LogP contribution in [-0.2, 0) is 4.79 Å². The Morgan fingerprint density at radius 3 is 2.72 bits per heavy atom. The number of pyridine rings is 1. The largest absolute Gasteiger partial charge is 0.481 e. The van der Waals surface area contributed by atoms with Gasteiger partial charge in [0.1, 0.15) is 5.65 Å². The van der Waals surface area contributed by atoms with E-state index in [-0.39, 0.29) is 23.7 Å². The first-order valence-electron chi connectivity index (χ1n) is 9.66. The van der Waals surface area contributed by atoms with E-state index in [1.807, 2.05) is 0 Å². The number of halogens is 2. The smallest absolute Gasteiger partial charge is 0.308 e. The van der Waals surface area contributed by atoms with Gasteiger partial charge < -0.3 is 15.4 Å². The predicted octanol–water partition coefficient (Wildman–Crippen LogP) is 4.11. The molecule has 3 aromatic rings. The molecule has 2 atom stereocenters. The van der Waals surface area contributed by atoms with Crippen LogP contribution in [0.5, 0.6) is 0 Å². The molecule has 7 nitrogen and oxygen atoms in total. The lowest BCUT2D eigenvalue weighted by Gasteiger charge is -2.47. The first kappa shape index (κ1) is 18.3. The molecule has 3 saturated carbocycles. The Labute approximate surface area is 170 Å². The highest BCUT2D eigenvalue weighted by atomic mass is 35.5. The van der Waals surface area contributed by atoms with E-state index < -0.39 is 17.7 Å². The molecule has 3 aromatic heterocycles. The Hall–Kier alpha value is -2.74. The summed E-state index contributed by atoms with van der Waals surface area (Å²) in [5.74, 6) is -1.29. The van der Waals surface area contributed by atoms with Crippen molar-refractivity contribution in [2.45, 2.75) is 31.7 Å². The fourth-order valence-electron chi connectivity index (χ4n) is 4.93. The minimum atomic E-state index is -0.830. The minimum Gasteiger partial charge on any atom is -0.481 e. The number of nitrogens with one attached hydrogen (secondary N) is 2. The fraction of sp³-hybridized carbons (Fsp3) is 0.400. The first-order chi connectivity index (χ1) is 14.0. The van der Waals surface area contributed by atoms with Crippen molar-refractivity contribution in [3.63, 3.8) is 0 Å². The van der Waals surface area contributed by atoms with Gasteiger partial charge in [-0.25, -0.2) is 19.3 Å². The van der Waals surface area contributed by atoms with E-state index >= 15 is 0 Å². The van der Waals surface area contributed by atoms with Gasteiger partial charge in [0.05, 0.1) is 17.1 Å². The van der Waals surface area contributed by atoms with E-state index in [2.05, 4.69) is 25.3 Å². The summed E-state index contributed by atoms with van der Waals surface area (Å²) in [5, 5.41) is 14.1. The number of hydrogen-bond acceptors (Lipinski definition) is 5. The molecule has 3 heterocycles. The lowest BCUT2D eigenvalue weighted by Crippen LogP contribution is -2.51. The van der Waals surface area contributed by atoms with Gasteiger partial charge in [0.15, 0.2) is 17.5 Å². The molecule has 6 rings (SSSR count). The molecule has 0 saturated heterocycles. The van der Waals surface area contributed by atoms with Crippen molar-refractivity contribution in [3.8, 4) is 11.4 Å². The topological polar surface area (TPSA) is 104 Å². The SMILES string of the molecule is O=C(O)[C@H]1C2CCC(CC2)C1Nc1nc(-c2c[nH]c3ncc(Cl)cc23)ncc1F. The van der Waals surface area contributed by atoms with Crippen LogP contribution < -0.4 is 5.32 Å². The molecular formula is C20H19ClFN5O2. The number of aromatic amines is 1. The van der Waals surface area contributed by atoms with Crippen molar-refractivity contribution >= 4 is 34.4 Å². The standard InChI is InChI=1S/C20H19ClFN5O2/c21-11-5-12-13(7-24-17(12)23-6-11)18-25-8-14(22)19(27-18)26-16-10-3-1-9(2-4-10)15(16)20(28)29/h5-10,15-16H,1-4H2,(H,23,24)(H,28,29)(H,25,26,27)/t9?,10?,15-,16?/m0/s1. The first-order valence-corrected chi connectivity index (χ1v) is 10.0. The zero-order chi connectivity index (χ0) is 20.1. The molecule has 3 aliphatic rings. The Morgan fingerprint density at radius 2 is 1.97 bits per heavy atom. The number of carboxylic acids is 1. The maximum Gasteiger partial charge on any atom is 0.308 e. The van der Waals surface area contributed by atoms with Crippen LogP contribution in [-0.4, -0.2) is 37.1 Å². The average Bonchev–Trinajstić information content (AvgIpc) is 3.13. The van der Waals surface area contributed by atoms with E-state index in [0.717, 1.165) is 37.3 Å². The minimum absolute atomic E-state index is 0.0307. The number of aliphatic carboxylic acids is 1. The van der Waals surface area contributed by atoms with Crippen LogP contribution in [0.2, 0.25) is 5.02 Å². The van der Waals surface area contributed by atoms with Crippen LogP contribution >= 0.6 is 11.6 Å². The predicted molar refractivity (Wildman–Crippen MR) is 106 cm³/mol. The van der Waals surface area contributed by atoms with Gasteiger partial charge in [-0.2, -0.15) is 0 Å². The van der Waals surface area contributed by atoms with Crippen LogP contribution in [0.25, 0.3) is 22.4 Å². The third-order valence-corrected chi connectivity index (χ3v) is 6.50. The lowest BCUT2D eigenvalue weighted by atomic mass is 9.61. The summed E-state index contributed by atoms with van der Waals surface area (Å²) in [6.45, 7) is 0. The monoisotopic (exact) mass is 415 g/mol. The second-order valence-electron chi connectivity index (χ2n) is 7.85. The number of aromatic nitrogens is 4. The highest BCUT2D eigenvalue weighted by molar-refractivity contribution is 6.31. The van der Waals surface area contributed by atoms with E-state index in [1.54, 1.807) is 12.3 Å². The second-order valence-corrected chi connectivity index (χ2v) is 8.29. The summed E-state index contributed by atoms with van der Waals surface area (Å²) < 4.78 is 14.5. The molecule has 0 aromatic carbocycles. The Balaban J connectivity index is 1.51. The molecule has 0 spiro atoms. The molecule has 2 bridgehead atoms. The molecule has 3 N–H and O–H groups in total. The normalized spacial score (nSPS) is 26.0. The third kappa shape index (κ3) is 3.11. The van der Waals surface area contributed by atoms with Crippen molar-refractivity contribution < 1.29 is 14.3 Å². The summed E-state index contributed by atoms with van der Waals surface area (Å²) in [5.41, 5.74) is 1.28. The zero-order valence-electron chi connectivity index (χ0n) is 15.4. The third-order valence-electron chi connectivity index (χ3n) is 6.29. The number of hydrogen-bond donors (Lipinski definition) is 3. The fourth-order valence-corrected chi connectivity index (χ4v) is 5.09. The van der Waals surface area contributed by atoms with Gasteiger partial charge >= 0.3 is 5.97 Å². The van der Waals surface area contributed by atoms with Crippen LogP contribution in [0.4, 0.5) is 10.2 Å². The van der Waals surface area contributed by atoms with Crippen molar-refractivity contribution in [3.05, 3.63) is 35.5 Å². The van der Waals surface area contributed by atoms with Crippen LogP contribution in [0.1, 0.15) is 25.7 Å². The van der Waals surface area contributed by atoms with Crippen LogP contribution in [0, 0.1) is 23.6 Å². The highest BCUT2D eigenvalue weighted by Gasteiger charge is 2.47. The molecule has 0 amide bonds. The van der Waals surface area contributed by atoms with Crippen molar-refractivity contribution in [2.75, 3.05) is 5.32 Å². The highest BCUT2D eigenvalue weighted by Crippen LogP contribution is 2.46. The Kier molecular flexibility index (Phi) is 4.38. The quantitative estimate of drug-likeness (QED) is 0.592. The van der Waals surface area contributed by atoms with E-state index in [1.165, 1.54) is 6.20 Å². The lowest BCUT2D eigenvalue weighted by molar-refractivity contribution is -0.148. The molecule has 3 fully saturated rings. The molecule has 9 heteroatoms. The Morgan fingerprint density at radius 1 is 1.21 bits per heavy atom. The molecule has 29 heavy (non-hydrogen) atoms. The summed E-state index contributed by atoms with van der Waals surface area (Å²) in [6.07, 6.45) is 8.09. The molecule has 150 valence electrons. The second kappa shape index (κ2) is 6.95. The average molecular weight is 416 g/mol. The molecular weight excluding hydrogens is 397 g/mol. The molecule has 0 aliphatic heterocycles. The van der Waals surface area contributed by atoms with Gasteiger partial charge in [0.25, 0.3) is 0 Å². The number of anilines is 1. The Bertz CT molecular complexity index is 1100. The maximum absolute atomic E-state index is 14.5. The molecule has 3 aliphatic carbocycles. The van der Waals surface area contributed by atoms with Gasteiger partial charge in [0.2, 0.25) is 0 Å². The number of fused-ring (bicyclic) bond motifs is 4. The van der Waals surface area contributed by atoms with E-state index in [9.17, 15) is 14.3 Å². The zero-order valence-corrected chi connectivity index (χ0v) is 16.2. The summed E-state index contributed by atoms with van der Waals surface area (Å²) in [7, 11) is 0. The number of carbonyl (C=O) groups is 1. The van der Waals surface area contributed by atoms with Gasteiger partial charge in [-0.15, -0.1) is 0 Å². The van der Waals surface area contributed by atoms with Gasteiger partial charge in [-0.3, -0.25) is 4.79 Å². The number of nitrogens with zero attached hydrogens (tertiary/aromatic N) is 3. The van der Waals surface area contributed by atoms with Crippen LogP contribution in [0.15, 0.2) is 24.7 Å². The van der Waals surface area contributed by atoms with Gasteiger partial charge in [-0.05, 0) is 43.6 Å². The van der Waals surface area contributed by atoms with E-state index in [0.29, 0.717) is 22.1 Å². The summed E-state index contributed by atoms with van der Waals surface area (Å²) in [6, 6.07) is 1.41. The van der Waals surface area contributed by atoms with Crippen molar-refractivity contribution in [1.29, 1.82) is 0 Å².